The highest BCUT2D eigenvalue weighted by molar-refractivity contribution is 9.10. The Morgan fingerprint density at radius 2 is 2.25 bits per heavy atom. The summed E-state index contributed by atoms with van der Waals surface area (Å²) in [5, 5.41) is 3.43. The normalized spacial score (nSPS) is 17.3. The van der Waals surface area contributed by atoms with Crippen molar-refractivity contribution in [2.45, 2.75) is 30.2 Å². The Hall–Kier alpha value is -0.190. The summed E-state index contributed by atoms with van der Waals surface area (Å²) in [4.78, 5) is 0.917. The first-order valence-corrected chi connectivity index (χ1v) is 7.74. The summed E-state index contributed by atoms with van der Waals surface area (Å²) in [6.45, 7) is 0.990. The topological polar surface area (TPSA) is 29.1 Å². The van der Waals surface area contributed by atoms with Gasteiger partial charge in [-0.3, -0.25) is 4.21 Å². The molecular formula is C12H16BrNOS. The second-order valence-electron chi connectivity index (χ2n) is 4.09. The van der Waals surface area contributed by atoms with Gasteiger partial charge in [-0.15, -0.1) is 0 Å². The number of rotatable bonds is 6. The molecule has 88 valence electrons. The summed E-state index contributed by atoms with van der Waals surface area (Å²) >= 11 is 3.39. The maximum atomic E-state index is 11.9. The molecule has 1 aromatic carbocycles. The average molecular weight is 302 g/mol. The second-order valence-corrected chi connectivity index (χ2v) is 6.58. The molecule has 0 bridgehead atoms. The van der Waals surface area contributed by atoms with E-state index in [0.29, 0.717) is 0 Å². The van der Waals surface area contributed by atoms with E-state index in [2.05, 4.69) is 21.2 Å². The van der Waals surface area contributed by atoms with Crippen molar-refractivity contribution >= 4 is 26.7 Å². The summed E-state index contributed by atoms with van der Waals surface area (Å²) in [5.41, 5.74) is 0. The second kappa shape index (κ2) is 5.94. The minimum atomic E-state index is -0.858. The maximum absolute atomic E-state index is 11.9. The van der Waals surface area contributed by atoms with Crippen molar-refractivity contribution in [2.24, 2.45) is 0 Å². The molecule has 1 fully saturated rings. The molecule has 0 amide bonds. The number of nitrogens with one attached hydrogen (secondary N) is 1. The van der Waals surface area contributed by atoms with Crippen molar-refractivity contribution in [2.75, 3.05) is 12.3 Å². The van der Waals surface area contributed by atoms with Crippen molar-refractivity contribution in [1.82, 2.24) is 5.32 Å². The van der Waals surface area contributed by atoms with Gasteiger partial charge in [-0.25, -0.2) is 0 Å². The molecular weight excluding hydrogens is 286 g/mol. The minimum absolute atomic E-state index is 0.746. The molecule has 1 saturated carbocycles. The van der Waals surface area contributed by atoms with E-state index in [4.69, 9.17) is 0 Å². The van der Waals surface area contributed by atoms with Crippen LogP contribution in [0.5, 0.6) is 0 Å². The van der Waals surface area contributed by atoms with Crippen LogP contribution in [-0.4, -0.2) is 22.5 Å². The van der Waals surface area contributed by atoms with Gasteiger partial charge in [0, 0.05) is 21.2 Å². The van der Waals surface area contributed by atoms with Gasteiger partial charge in [-0.2, -0.15) is 0 Å². The molecule has 0 spiro atoms. The largest absolute Gasteiger partial charge is 0.314 e. The van der Waals surface area contributed by atoms with Gasteiger partial charge in [0.05, 0.1) is 10.8 Å². The highest BCUT2D eigenvalue weighted by Crippen LogP contribution is 2.18. The van der Waals surface area contributed by atoms with Crippen LogP contribution in [0.2, 0.25) is 0 Å². The van der Waals surface area contributed by atoms with Crippen molar-refractivity contribution in [3.63, 3.8) is 0 Å². The zero-order valence-electron chi connectivity index (χ0n) is 9.12. The molecule has 1 aromatic rings. The lowest BCUT2D eigenvalue weighted by Gasteiger charge is -2.04. The van der Waals surface area contributed by atoms with Gasteiger partial charge in [-0.1, -0.05) is 22.0 Å². The molecule has 0 aliphatic heterocycles. The van der Waals surface area contributed by atoms with E-state index in [1.165, 1.54) is 12.8 Å². The Morgan fingerprint density at radius 1 is 1.44 bits per heavy atom. The lowest BCUT2D eigenvalue weighted by molar-refractivity contribution is 0.657. The molecule has 1 aliphatic rings. The van der Waals surface area contributed by atoms with Crippen LogP contribution >= 0.6 is 15.9 Å². The number of halogens is 1. The Labute approximate surface area is 107 Å². The predicted molar refractivity (Wildman–Crippen MR) is 71.1 cm³/mol. The molecule has 16 heavy (non-hydrogen) atoms. The van der Waals surface area contributed by atoms with Crippen molar-refractivity contribution < 1.29 is 4.21 Å². The van der Waals surface area contributed by atoms with Crippen LogP contribution in [0.3, 0.4) is 0 Å². The Bertz CT molecular complexity index is 379. The molecule has 1 N–H and O–H groups in total. The maximum Gasteiger partial charge on any atom is 0.0530 e. The lowest BCUT2D eigenvalue weighted by atomic mass is 10.4. The third kappa shape index (κ3) is 4.00. The summed E-state index contributed by atoms with van der Waals surface area (Å²) in [5.74, 6) is 0.746. The minimum Gasteiger partial charge on any atom is -0.314 e. The molecule has 0 radical (unpaired) electrons. The summed E-state index contributed by atoms with van der Waals surface area (Å²) in [6.07, 6.45) is 3.61. The molecule has 0 aromatic heterocycles. The monoisotopic (exact) mass is 301 g/mol. The van der Waals surface area contributed by atoms with E-state index >= 15 is 0 Å². The van der Waals surface area contributed by atoms with Crippen molar-refractivity contribution in [3.05, 3.63) is 28.7 Å². The third-order valence-electron chi connectivity index (χ3n) is 2.58. The van der Waals surface area contributed by atoms with Crippen LogP contribution in [0, 0.1) is 0 Å². The van der Waals surface area contributed by atoms with Crippen LogP contribution in [0.1, 0.15) is 19.3 Å². The van der Waals surface area contributed by atoms with E-state index in [-0.39, 0.29) is 0 Å². The molecule has 1 unspecified atom stereocenters. The first-order chi connectivity index (χ1) is 7.75. The third-order valence-corrected chi connectivity index (χ3v) is 4.51. The highest BCUT2D eigenvalue weighted by Gasteiger charge is 2.19. The number of benzene rings is 1. The molecule has 2 nitrogen and oxygen atoms in total. The van der Waals surface area contributed by atoms with Gasteiger partial charge in [0.2, 0.25) is 0 Å². The molecule has 2 rings (SSSR count). The molecule has 1 atom stereocenters. The summed E-state index contributed by atoms with van der Waals surface area (Å²) < 4.78 is 12.9. The SMILES string of the molecule is O=S(CCCNC1CC1)c1cccc(Br)c1. The van der Waals surface area contributed by atoms with Crippen molar-refractivity contribution in [1.29, 1.82) is 0 Å². The summed E-state index contributed by atoms with van der Waals surface area (Å²) in [7, 11) is -0.858. The Kier molecular flexibility index (Phi) is 4.55. The van der Waals surface area contributed by atoms with Gasteiger partial charge < -0.3 is 5.32 Å². The van der Waals surface area contributed by atoms with Crippen LogP contribution in [-0.2, 0) is 10.8 Å². The first kappa shape index (κ1) is 12.3. The molecule has 1 aliphatic carbocycles. The standard InChI is InChI=1S/C12H16BrNOS/c13-10-3-1-4-12(9-10)16(15)8-2-7-14-11-5-6-11/h1,3-4,9,11,14H,2,5-8H2. The first-order valence-electron chi connectivity index (χ1n) is 5.63. The van der Waals surface area contributed by atoms with Crippen molar-refractivity contribution in [3.8, 4) is 0 Å². The van der Waals surface area contributed by atoms with E-state index < -0.39 is 10.8 Å². The summed E-state index contributed by atoms with van der Waals surface area (Å²) in [6, 6.07) is 8.49. The van der Waals surface area contributed by atoms with Crippen LogP contribution < -0.4 is 5.32 Å². The Morgan fingerprint density at radius 3 is 2.94 bits per heavy atom. The van der Waals surface area contributed by atoms with Gasteiger partial charge >= 0.3 is 0 Å². The molecule has 0 heterocycles. The van der Waals surface area contributed by atoms with Gasteiger partial charge in [0.25, 0.3) is 0 Å². The highest BCUT2D eigenvalue weighted by atomic mass is 79.9. The smallest absolute Gasteiger partial charge is 0.0530 e. The van der Waals surface area contributed by atoms with E-state index in [1.54, 1.807) is 0 Å². The molecule has 0 saturated heterocycles. The lowest BCUT2D eigenvalue weighted by Crippen LogP contribution is -2.19. The van der Waals surface area contributed by atoms with Gasteiger partial charge in [0.1, 0.15) is 0 Å². The van der Waals surface area contributed by atoms with E-state index in [1.807, 2.05) is 24.3 Å². The number of hydrogen-bond acceptors (Lipinski definition) is 2. The van der Waals surface area contributed by atoms with Gasteiger partial charge in [0.15, 0.2) is 0 Å². The fourth-order valence-electron chi connectivity index (χ4n) is 1.52. The van der Waals surface area contributed by atoms with E-state index in [9.17, 15) is 4.21 Å². The fraction of sp³-hybridized carbons (Fsp3) is 0.500. The van der Waals surface area contributed by atoms with Gasteiger partial charge in [-0.05, 0) is 44.0 Å². The van der Waals surface area contributed by atoms with Crippen LogP contribution in [0.25, 0.3) is 0 Å². The quantitative estimate of drug-likeness (QED) is 0.819. The van der Waals surface area contributed by atoms with Crippen LogP contribution in [0.15, 0.2) is 33.6 Å². The Balaban J connectivity index is 1.73. The fourth-order valence-corrected chi connectivity index (χ4v) is 3.21. The van der Waals surface area contributed by atoms with E-state index in [0.717, 1.165) is 34.1 Å². The number of hydrogen-bond donors (Lipinski definition) is 1. The zero-order valence-corrected chi connectivity index (χ0v) is 11.5. The predicted octanol–water partition coefficient (Wildman–Crippen LogP) is 2.70. The molecule has 4 heteroatoms. The average Bonchev–Trinajstić information content (AvgIpc) is 3.08. The van der Waals surface area contributed by atoms with Crippen LogP contribution in [0.4, 0.5) is 0 Å². The zero-order chi connectivity index (χ0) is 11.4.